The molecule has 2 aromatic rings. The third kappa shape index (κ3) is 4.29. The second-order valence-corrected chi connectivity index (χ2v) is 6.09. The van der Waals surface area contributed by atoms with Gasteiger partial charge in [0.25, 0.3) is 11.5 Å². The molecule has 0 bridgehead atoms. The van der Waals surface area contributed by atoms with Crippen LogP contribution in [-0.4, -0.2) is 34.1 Å². The molecule has 0 aliphatic carbocycles. The molecule has 1 aliphatic rings. The van der Waals surface area contributed by atoms with Crippen LogP contribution in [0.15, 0.2) is 41.2 Å². The highest BCUT2D eigenvalue weighted by Crippen LogP contribution is 2.16. The van der Waals surface area contributed by atoms with Gasteiger partial charge < -0.3 is 5.32 Å². The molecule has 1 aliphatic heterocycles. The van der Waals surface area contributed by atoms with Gasteiger partial charge in [0, 0.05) is 19.2 Å². The van der Waals surface area contributed by atoms with Gasteiger partial charge in [0.1, 0.15) is 5.69 Å². The Morgan fingerprint density at radius 3 is 2.54 bits per heavy atom. The average molecular weight is 326 g/mol. The Balaban J connectivity index is 1.63. The number of H-pyrrole nitrogens is 1. The number of aromatic nitrogens is 2. The summed E-state index contributed by atoms with van der Waals surface area (Å²) in [6.07, 6.45) is 3.84. The van der Waals surface area contributed by atoms with E-state index in [9.17, 15) is 9.59 Å². The van der Waals surface area contributed by atoms with Crippen LogP contribution in [0.5, 0.6) is 0 Å². The van der Waals surface area contributed by atoms with E-state index in [1.165, 1.54) is 37.0 Å². The Hall–Kier alpha value is -2.47. The molecule has 1 amide bonds. The lowest BCUT2D eigenvalue weighted by Gasteiger charge is -2.27. The molecule has 1 fully saturated rings. The van der Waals surface area contributed by atoms with E-state index >= 15 is 0 Å². The molecule has 0 saturated carbocycles. The molecule has 6 heteroatoms. The van der Waals surface area contributed by atoms with Crippen LogP contribution < -0.4 is 10.9 Å². The third-order valence-electron chi connectivity index (χ3n) is 4.31. The van der Waals surface area contributed by atoms with Crippen LogP contribution in [0.4, 0.5) is 0 Å². The summed E-state index contributed by atoms with van der Waals surface area (Å²) in [5.74, 6) is -0.293. The molecular weight excluding hydrogens is 304 g/mol. The molecular formula is C18H22N4O2. The molecule has 2 heterocycles. The Morgan fingerprint density at radius 1 is 1.08 bits per heavy atom. The van der Waals surface area contributed by atoms with E-state index in [-0.39, 0.29) is 17.2 Å². The van der Waals surface area contributed by atoms with Crippen molar-refractivity contribution in [2.24, 2.45) is 0 Å². The number of carbonyl (C=O) groups is 1. The molecule has 0 spiro atoms. The second kappa shape index (κ2) is 7.88. The summed E-state index contributed by atoms with van der Waals surface area (Å²) in [5, 5.41) is 8.89. The van der Waals surface area contributed by atoms with Crippen molar-refractivity contribution in [3.63, 3.8) is 0 Å². The maximum atomic E-state index is 12.1. The largest absolute Gasteiger partial charge is 0.347 e. The van der Waals surface area contributed by atoms with E-state index in [2.05, 4.69) is 26.5 Å². The van der Waals surface area contributed by atoms with Gasteiger partial charge >= 0.3 is 0 Å². The zero-order valence-electron chi connectivity index (χ0n) is 13.6. The molecule has 0 unspecified atom stereocenters. The number of aromatic amines is 1. The number of nitrogens with zero attached hydrogens (tertiary/aromatic N) is 2. The van der Waals surface area contributed by atoms with Gasteiger partial charge in [-0.05, 0) is 43.1 Å². The molecule has 126 valence electrons. The first kappa shape index (κ1) is 16.4. The Bertz CT molecular complexity index is 730. The topological polar surface area (TPSA) is 78.1 Å². The van der Waals surface area contributed by atoms with E-state index in [0.29, 0.717) is 6.54 Å². The maximum absolute atomic E-state index is 12.1. The number of amides is 1. The van der Waals surface area contributed by atoms with Crippen molar-refractivity contribution in [1.29, 1.82) is 0 Å². The van der Waals surface area contributed by atoms with Gasteiger partial charge in [-0.3, -0.25) is 14.5 Å². The van der Waals surface area contributed by atoms with Crippen LogP contribution >= 0.6 is 0 Å². The van der Waals surface area contributed by atoms with Gasteiger partial charge in [0.2, 0.25) is 0 Å². The number of hydrogen-bond acceptors (Lipinski definition) is 4. The van der Waals surface area contributed by atoms with E-state index in [1.807, 2.05) is 18.2 Å². The Morgan fingerprint density at radius 2 is 1.83 bits per heavy atom. The first-order valence-corrected chi connectivity index (χ1v) is 8.35. The van der Waals surface area contributed by atoms with E-state index in [1.54, 1.807) is 0 Å². The molecule has 0 atom stereocenters. The first-order valence-electron chi connectivity index (χ1n) is 8.35. The summed E-state index contributed by atoms with van der Waals surface area (Å²) in [7, 11) is 0. The van der Waals surface area contributed by atoms with Gasteiger partial charge in [0.05, 0.1) is 0 Å². The van der Waals surface area contributed by atoms with Crippen molar-refractivity contribution in [2.45, 2.75) is 32.4 Å². The monoisotopic (exact) mass is 326 g/mol. The Kier molecular flexibility index (Phi) is 5.38. The zero-order valence-corrected chi connectivity index (χ0v) is 13.6. The SMILES string of the molecule is O=C(NCc1ccccc1CN1CCCCC1)c1ccc(=O)[nH]n1. The predicted molar refractivity (Wildman–Crippen MR) is 91.6 cm³/mol. The van der Waals surface area contributed by atoms with Crippen molar-refractivity contribution in [3.05, 3.63) is 63.6 Å². The number of benzene rings is 1. The van der Waals surface area contributed by atoms with Gasteiger partial charge in [-0.25, -0.2) is 5.10 Å². The van der Waals surface area contributed by atoms with Crippen molar-refractivity contribution >= 4 is 5.91 Å². The van der Waals surface area contributed by atoms with Crippen molar-refractivity contribution in [1.82, 2.24) is 20.4 Å². The molecule has 1 saturated heterocycles. The van der Waals surface area contributed by atoms with E-state index in [0.717, 1.165) is 25.2 Å². The molecule has 2 N–H and O–H groups in total. The lowest BCUT2D eigenvalue weighted by atomic mass is 10.0. The molecule has 24 heavy (non-hydrogen) atoms. The normalized spacial score (nSPS) is 15.2. The fourth-order valence-electron chi connectivity index (χ4n) is 2.98. The highest BCUT2D eigenvalue weighted by molar-refractivity contribution is 5.91. The van der Waals surface area contributed by atoms with Crippen molar-refractivity contribution < 1.29 is 4.79 Å². The minimum Gasteiger partial charge on any atom is -0.347 e. The second-order valence-electron chi connectivity index (χ2n) is 6.09. The quantitative estimate of drug-likeness (QED) is 0.876. The number of carbonyl (C=O) groups excluding carboxylic acids is 1. The van der Waals surface area contributed by atoms with Crippen molar-refractivity contribution in [2.75, 3.05) is 13.1 Å². The van der Waals surface area contributed by atoms with Gasteiger partial charge in [0.15, 0.2) is 0 Å². The van der Waals surface area contributed by atoms with Crippen LogP contribution in [-0.2, 0) is 13.1 Å². The smallest absolute Gasteiger partial charge is 0.271 e. The number of hydrogen-bond donors (Lipinski definition) is 2. The zero-order chi connectivity index (χ0) is 16.8. The summed E-state index contributed by atoms with van der Waals surface area (Å²) < 4.78 is 0. The molecule has 6 nitrogen and oxygen atoms in total. The summed E-state index contributed by atoms with van der Waals surface area (Å²) in [5.41, 5.74) is 2.25. The van der Waals surface area contributed by atoms with Crippen LogP contribution in [0.2, 0.25) is 0 Å². The van der Waals surface area contributed by atoms with Gasteiger partial charge in [-0.1, -0.05) is 30.7 Å². The summed E-state index contributed by atoms with van der Waals surface area (Å²) >= 11 is 0. The number of likely N-dealkylation sites (tertiary alicyclic amines) is 1. The standard InChI is InChI=1S/C18H22N4O2/c23-17-9-8-16(20-21-17)18(24)19-12-14-6-2-3-7-15(14)13-22-10-4-1-5-11-22/h2-3,6-9H,1,4-5,10-13H2,(H,19,24)(H,21,23). The summed E-state index contributed by atoms with van der Waals surface area (Å²) in [4.78, 5) is 25.6. The highest BCUT2D eigenvalue weighted by Gasteiger charge is 2.13. The summed E-state index contributed by atoms with van der Waals surface area (Å²) in [6.45, 7) is 3.65. The number of nitrogens with one attached hydrogen (secondary N) is 2. The third-order valence-corrected chi connectivity index (χ3v) is 4.31. The highest BCUT2D eigenvalue weighted by atomic mass is 16.2. The Labute approximate surface area is 140 Å². The van der Waals surface area contributed by atoms with Crippen LogP contribution in [0.1, 0.15) is 40.9 Å². The molecule has 3 rings (SSSR count). The van der Waals surface area contributed by atoms with Crippen molar-refractivity contribution in [3.8, 4) is 0 Å². The molecule has 1 aromatic carbocycles. The van der Waals surface area contributed by atoms with E-state index in [4.69, 9.17) is 0 Å². The molecule has 0 radical (unpaired) electrons. The predicted octanol–water partition coefficient (Wildman–Crippen LogP) is 1.69. The van der Waals surface area contributed by atoms with Crippen LogP contribution in [0, 0.1) is 0 Å². The number of rotatable bonds is 5. The lowest BCUT2D eigenvalue weighted by Crippen LogP contribution is -2.30. The van der Waals surface area contributed by atoms with Gasteiger partial charge in [-0.2, -0.15) is 5.10 Å². The fraction of sp³-hybridized carbons (Fsp3) is 0.389. The summed E-state index contributed by atoms with van der Waals surface area (Å²) in [6, 6.07) is 10.9. The fourth-order valence-corrected chi connectivity index (χ4v) is 2.98. The minimum absolute atomic E-state index is 0.211. The number of piperidine rings is 1. The first-order chi connectivity index (χ1) is 11.7. The maximum Gasteiger partial charge on any atom is 0.271 e. The molecule has 1 aromatic heterocycles. The van der Waals surface area contributed by atoms with Gasteiger partial charge in [-0.15, -0.1) is 0 Å². The van der Waals surface area contributed by atoms with Crippen LogP contribution in [0.3, 0.4) is 0 Å². The minimum atomic E-state index is -0.321. The lowest BCUT2D eigenvalue weighted by molar-refractivity contribution is 0.0944. The van der Waals surface area contributed by atoms with Crippen LogP contribution in [0.25, 0.3) is 0 Å². The van der Waals surface area contributed by atoms with E-state index < -0.39 is 0 Å². The average Bonchev–Trinajstić information content (AvgIpc) is 2.62.